The van der Waals surface area contributed by atoms with E-state index in [4.69, 9.17) is 0 Å². The van der Waals surface area contributed by atoms with Crippen molar-refractivity contribution < 1.29 is 5.11 Å². The second-order valence-corrected chi connectivity index (χ2v) is 5.80. The van der Waals surface area contributed by atoms with E-state index < -0.39 is 11.2 Å². The molecule has 120 valence electrons. The second kappa shape index (κ2) is 4.86. The summed E-state index contributed by atoms with van der Waals surface area (Å²) in [4.78, 5) is 27.5. The number of hydrogen-bond donors (Lipinski definition) is 2. The van der Waals surface area contributed by atoms with Gasteiger partial charge >= 0.3 is 5.69 Å². The molecular weight excluding hydrogens is 306 g/mol. The summed E-state index contributed by atoms with van der Waals surface area (Å²) in [6.45, 7) is 0. The van der Waals surface area contributed by atoms with E-state index >= 15 is 0 Å². The van der Waals surface area contributed by atoms with E-state index in [1.54, 1.807) is 0 Å². The number of H-pyrrole nitrogens is 1. The number of benzene rings is 2. The molecular formula is C18H15N3O3. The SMILES string of the molecule is Cn1c(=O)c2[nH]c(-c3cccc4ccccc34)c(O)c2n(C)c1=O. The molecule has 0 saturated heterocycles. The summed E-state index contributed by atoms with van der Waals surface area (Å²) in [5.41, 5.74) is 0.684. The Kier molecular flexibility index (Phi) is 2.90. The Labute approximate surface area is 136 Å². The van der Waals surface area contributed by atoms with E-state index in [-0.39, 0.29) is 16.8 Å². The molecule has 2 heterocycles. The summed E-state index contributed by atoms with van der Waals surface area (Å²) < 4.78 is 2.29. The Hall–Kier alpha value is -3.28. The zero-order chi connectivity index (χ0) is 17.0. The van der Waals surface area contributed by atoms with E-state index in [1.165, 1.54) is 18.7 Å². The van der Waals surface area contributed by atoms with Crippen LogP contribution in [-0.2, 0) is 14.1 Å². The Balaban J connectivity index is 2.18. The van der Waals surface area contributed by atoms with E-state index in [9.17, 15) is 14.7 Å². The number of aromatic nitrogens is 3. The predicted molar refractivity (Wildman–Crippen MR) is 93.4 cm³/mol. The maximum Gasteiger partial charge on any atom is 0.331 e. The highest BCUT2D eigenvalue weighted by Crippen LogP contribution is 2.37. The van der Waals surface area contributed by atoms with E-state index in [2.05, 4.69) is 4.98 Å². The maximum absolute atomic E-state index is 12.4. The molecule has 0 fully saturated rings. The number of aromatic amines is 1. The molecule has 0 bridgehead atoms. The highest BCUT2D eigenvalue weighted by Gasteiger charge is 2.20. The van der Waals surface area contributed by atoms with Gasteiger partial charge in [0.15, 0.2) is 5.75 Å². The Morgan fingerprint density at radius 1 is 0.958 bits per heavy atom. The highest BCUT2D eigenvalue weighted by atomic mass is 16.3. The van der Waals surface area contributed by atoms with Gasteiger partial charge in [0.05, 0.1) is 5.69 Å². The molecule has 24 heavy (non-hydrogen) atoms. The van der Waals surface area contributed by atoms with Crippen LogP contribution in [0.3, 0.4) is 0 Å². The fraction of sp³-hybridized carbons (Fsp3) is 0.111. The largest absolute Gasteiger partial charge is 0.504 e. The van der Waals surface area contributed by atoms with Gasteiger partial charge in [-0.2, -0.15) is 0 Å². The number of rotatable bonds is 1. The first-order valence-corrected chi connectivity index (χ1v) is 7.49. The first-order valence-electron chi connectivity index (χ1n) is 7.49. The van der Waals surface area contributed by atoms with Gasteiger partial charge in [-0.05, 0) is 10.8 Å². The zero-order valence-electron chi connectivity index (χ0n) is 13.2. The van der Waals surface area contributed by atoms with E-state index in [1.807, 2.05) is 42.5 Å². The molecule has 0 unspecified atom stereocenters. The van der Waals surface area contributed by atoms with Crippen LogP contribution in [0.4, 0.5) is 0 Å². The van der Waals surface area contributed by atoms with Crippen LogP contribution in [0.15, 0.2) is 52.1 Å². The van der Waals surface area contributed by atoms with Crippen molar-refractivity contribution in [1.82, 2.24) is 14.1 Å². The van der Waals surface area contributed by atoms with Crippen LogP contribution in [0.2, 0.25) is 0 Å². The van der Waals surface area contributed by atoms with Crippen molar-refractivity contribution in [2.24, 2.45) is 14.1 Å². The van der Waals surface area contributed by atoms with Gasteiger partial charge in [0.25, 0.3) is 5.56 Å². The van der Waals surface area contributed by atoms with E-state index in [0.717, 1.165) is 20.9 Å². The molecule has 0 saturated carbocycles. The molecule has 2 aromatic carbocycles. The smallest absolute Gasteiger partial charge is 0.331 e. The number of fused-ring (bicyclic) bond motifs is 2. The molecule has 0 aliphatic heterocycles. The number of aromatic hydroxyl groups is 1. The van der Waals surface area contributed by atoms with Crippen molar-refractivity contribution in [1.29, 1.82) is 0 Å². The third-order valence-corrected chi connectivity index (χ3v) is 4.43. The van der Waals surface area contributed by atoms with Crippen LogP contribution >= 0.6 is 0 Å². The van der Waals surface area contributed by atoms with Crippen molar-refractivity contribution in [3.63, 3.8) is 0 Å². The highest BCUT2D eigenvalue weighted by molar-refractivity contribution is 6.01. The molecule has 0 radical (unpaired) electrons. The lowest BCUT2D eigenvalue weighted by atomic mass is 10.0. The first kappa shape index (κ1) is 14.3. The normalized spacial score (nSPS) is 11.4. The van der Waals surface area contributed by atoms with Crippen LogP contribution in [0, 0.1) is 0 Å². The van der Waals surface area contributed by atoms with Gasteiger partial charge in [-0.25, -0.2) is 4.79 Å². The monoisotopic (exact) mass is 321 g/mol. The molecule has 0 amide bonds. The lowest BCUT2D eigenvalue weighted by Gasteiger charge is -2.05. The Bertz CT molecular complexity index is 1220. The average molecular weight is 321 g/mol. The number of aryl methyl sites for hydroxylation is 1. The molecule has 0 aliphatic carbocycles. The summed E-state index contributed by atoms with van der Waals surface area (Å²) in [6, 6.07) is 13.5. The molecule has 2 N–H and O–H groups in total. The first-order chi connectivity index (χ1) is 11.5. The summed E-state index contributed by atoms with van der Waals surface area (Å²) in [6.07, 6.45) is 0. The van der Waals surface area contributed by atoms with Crippen LogP contribution in [0.25, 0.3) is 33.1 Å². The minimum absolute atomic E-state index is 0.0985. The maximum atomic E-state index is 12.4. The fourth-order valence-electron chi connectivity index (χ4n) is 3.18. The molecule has 2 aromatic heterocycles. The number of nitrogens with one attached hydrogen (secondary N) is 1. The Morgan fingerprint density at radius 3 is 2.46 bits per heavy atom. The van der Waals surface area contributed by atoms with Crippen molar-refractivity contribution in [3.8, 4) is 17.0 Å². The summed E-state index contributed by atoms with van der Waals surface area (Å²) in [5, 5.41) is 12.7. The third-order valence-electron chi connectivity index (χ3n) is 4.43. The molecule has 4 rings (SSSR count). The number of hydrogen-bond acceptors (Lipinski definition) is 3. The lowest BCUT2D eigenvalue weighted by Crippen LogP contribution is -2.36. The molecule has 6 heteroatoms. The van der Waals surface area contributed by atoms with Gasteiger partial charge in [0.1, 0.15) is 11.0 Å². The van der Waals surface area contributed by atoms with Crippen LogP contribution in [-0.4, -0.2) is 19.2 Å². The minimum atomic E-state index is -0.480. The summed E-state index contributed by atoms with van der Waals surface area (Å²) in [5.74, 6) is -0.0985. The van der Waals surface area contributed by atoms with Gasteiger partial charge in [0, 0.05) is 19.7 Å². The van der Waals surface area contributed by atoms with Gasteiger partial charge < -0.3 is 10.1 Å². The average Bonchev–Trinajstić information content (AvgIpc) is 2.95. The van der Waals surface area contributed by atoms with E-state index in [0.29, 0.717) is 5.69 Å². The summed E-state index contributed by atoms with van der Waals surface area (Å²) in [7, 11) is 2.95. The Morgan fingerprint density at radius 2 is 1.67 bits per heavy atom. The van der Waals surface area contributed by atoms with Gasteiger partial charge in [-0.3, -0.25) is 13.9 Å². The summed E-state index contributed by atoms with van der Waals surface area (Å²) >= 11 is 0. The van der Waals surface area contributed by atoms with Crippen molar-refractivity contribution in [2.75, 3.05) is 0 Å². The quantitative estimate of drug-likeness (QED) is 0.563. The van der Waals surface area contributed by atoms with Crippen LogP contribution < -0.4 is 11.2 Å². The topological polar surface area (TPSA) is 80.0 Å². The second-order valence-electron chi connectivity index (χ2n) is 5.80. The predicted octanol–water partition coefficient (Wildman–Crippen LogP) is 2.09. The molecule has 4 aromatic rings. The van der Waals surface area contributed by atoms with Crippen LogP contribution in [0.5, 0.6) is 5.75 Å². The van der Waals surface area contributed by atoms with Crippen molar-refractivity contribution >= 4 is 21.8 Å². The molecule has 0 atom stereocenters. The third kappa shape index (κ3) is 1.76. The van der Waals surface area contributed by atoms with Gasteiger partial charge in [-0.15, -0.1) is 0 Å². The fourth-order valence-corrected chi connectivity index (χ4v) is 3.18. The zero-order valence-corrected chi connectivity index (χ0v) is 13.2. The van der Waals surface area contributed by atoms with Crippen molar-refractivity contribution in [3.05, 3.63) is 63.3 Å². The molecule has 0 aliphatic rings. The van der Waals surface area contributed by atoms with Crippen molar-refractivity contribution in [2.45, 2.75) is 0 Å². The molecule has 6 nitrogen and oxygen atoms in total. The molecule has 0 spiro atoms. The minimum Gasteiger partial charge on any atom is -0.504 e. The van der Waals surface area contributed by atoms with Crippen LogP contribution in [0.1, 0.15) is 0 Å². The number of nitrogens with zero attached hydrogens (tertiary/aromatic N) is 2. The lowest BCUT2D eigenvalue weighted by molar-refractivity contribution is 0.480. The van der Waals surface area contributed by atoms with Gasteiger partial charge in [-0.1, -0.05) is 42.5 Å². The standard InChI is InChI=1S/C18H15N3O3/c1-20-15-14(17(23)21(2)18(20)24)19-13(16(15)22)12-9-5-7-10-6-3-4-8-11(10)12/h3-9,19,22H,1-2H3. The van der Waals surface area contributed by atoms with Gasteiger partial charge in [0.2, 0.25) is 0 Å².